The first-order valence-electron chi connectivity index (χ1n) is 11.0. The van der Waals surface area contributed by atoms with Crippen LogP contribution in [0.1, 0.15) is 43.0 Å². The molecule has 1 amide bonds. The average Bonchev–Trinajstić information content (AvgIpc) is 3.41. The predicted octanol–water partition coefficient (Wildman–Crippen LogP) is 2.53. The summed E-state index contributed by atoms with van der Waals surface area (Å²) < 4.78 is 10.6. The molecule has 1 aromatic carbocycles. The van der Waals surface area contributed by atoms with Crippen LogP contribution < -0.4 is 10.2 Å². The van der Waals surface area contributed by atoms with Gasteiger partial charge in [0.1, 0.15) is 0 Å². The summed E-state index contributed by atoms with van der Waals surface area (Å²) in [6.07, 6.45) is 4.95. The molecule has 4 atom stereocenters. The van der Waals surface area contributed by atoms with Gasteiger partial charge < -0.3 is 19.7 Å². The van der Waals surface area contributed by atoms with E-state index in [1.165, 1.54) is 31.4 Å². The molecule has 9 heteroatoms. The zero-order chi connectivity index (χ0) is 22.0. The normalized spacial score (nSPS) is 25.8. The van der Waals surface area contributed by atoms with E-state index in [2.05, 4.69) is 5.32 Å². The summed E-state index contributed by atoms with van der Waals surface area (Å²) in [5, 5.41) is 14.2. The van der Waals surface area contributed by atoms with Crippen molar-refractivity contribution in [3.05, 3.63) is 33.9 Å². The Kier molecular flexibility index (Phi) is 6.41. The maximum atomic E-state index is 12.8. The number of nitrogens with one attached hydrogen (secondary N) is 1. The number of esters is 1. The molecule has 0 spiro atoms. The van der Waals surface area contributed by atoms with Crippen LogP contribution in [-0.2, 0) is 14.3 Å². The summed E-state index contributed by atoms with van der Waals surface area (Å²) in [5.41, 5.74) is 0.443. The number of hydrogen-bond acceptors (Lipinski definition) is 7. The zero-order valence-corrected chi connectivity index (χ0v) is 17.7. The van der Waals surface area contributed by atoms with Gasteiger partial charge in [-0.1, -0.05) is 6.42 Å². The van der Waals surface area contributed by atoms with Gasteiger partial charge in [-0.2, -0.15) is 0 Å². The number of hydrogen-bond donors (Lipinski definition) is 1. The third kappa shape index (κ3) is 4.81. The number of non-ortho nitro benzene ring substituents is 1. The number of anilines is 1. The van der Waals surface area contributed by atoms with Crippen LogP contribution in [0.5, 0.6) is 0 Å². The maximum absolute atomic E-state index is 12.8. The molecule has 0 radical (unpaired) electrons. The van der Waals surface area contributed by atoms with Gasteiger partial charge in [0.05, 0.1) is 29.4 Å². The number of nitrogens with zero attached hydrogens (tertiary/aromatic N) is 2. The number of rotatable bonds is 7. The van der Waals surface area contributed by atoms with Crippen LogP contribution in [0.25, 0.3) is 0 Å². The largest absolute Gasteiger partial charge is 0.452 e. The first kappa shape index (κ1) is 21.5. The molecule has 9 nitrogen and oxygen atoms in total. The van der Waals surface area contributed by atoms with E-state index >= 15 is 0 Å². The second-order valence-corrected chi connectivity index (χ2v) is 8.83. The van der Waals surface area contributed by atoms with E-state index in [1.807, 2.05) is 11.8 Å². The minimum absolute atomic E-state index is 0.0447. The van der Waals surface area contributed by atoms with Crippen LogP contribution in [0.2, 0.25) is 0 Å². The highest BCUT2D eigenvalue weighted by molar-refractivity contribution is 5.97. The highest BCUT2D eigenvalue weighted by atomic mass is 16.6. The van der Waals surface area contributed by atoms with Crippen molar-refractivity contribution in [3.8, 4) is 0 Å². The molecule has 2 saturated carbocycles. The minimum Gasteiger partial charge on any atom is -0.452 e. The van der Waals surface area contributed by atoms with Crippen LogP contribution in [0, 0.1) is 27.9 Å². The Bertz CT molecular complexity index is 854. The Morgan fingerprint density at radius 1 is 1.29 bits per heavy atom. The third-order valence-electron chi connectivity index (χ3n) is 6.92. The number of ether oxygens (including phenoxy) is 2. The Balaban J connectivity index is 1.38. The number of nitro benzene ring substituents is 1. The quantitative estimate of drug-likeness (QED) is 0.401. The average molecular weight is 431 g/mol. The summed E-state index contributed by atoms with van der Waals surface area (Å²) in [6.45, 7) is 3.76. The Labute approximate surface area is 181 Å². The van der Waals surface area contributed by atoms with Crippen LogP contribution in [0.15, 0.2) is 18.2 Å². The number of amides is 1. The first-order chi connectivity index (χ1) is 14.9. The van der Waals surface area contributed by atoms with E-state index in [4.69, 9.17) is 9.47 Å². The maximum Gasteiger partial charge on any atom is 0.341 e. The molecule has 3 fully saturated rings. The van der Waals surface area contributed by atoms with Gasteiger partial charge in [0.15, 0.2) is 6.61 Å². The van der Waals surface area contributed by atoms with Crippen LogP contribution in [0.4, 0.5) is 11.4 Å². The van der Waals surface area contributed by atoms with Crippen molar-refractivity contribution in [2.75, 3.05) is 37.8 Å². The lowest BCUT2D eigenvalue weighted by atomic mass is 9.84. The monoisotopic (exact) mass is 431 g/mol. The van der Waals surface area contributed by atoms with Crippen molar-refractivity contribution in [2.45, 2.75) is 38.6 Å². The smallest absolute Gasteiger partial charge is 0.341 e. The highest BCUT2D eigenvalue weighted by Crippen LogP contribution is 2.49. The highest BCUT2D eigenvalue weighted by Gasteiger charge is 2.42. The number of carbonyl (C=O) groups excluding carboxylic acids is 2. The van der Waals surface area contributed by atoms with Gasteiger partial charge in [0, 0.05) is 31.3 Å². The van der Waals surface area contributed by atoms with Crippen molar-refractivity contribution in [2.24, 2.45) is 17.8 Å². The van der Waals surface area contributed by atoms with E-state index in [9.17, 15) is 19.7 Å². The SMILES string of the molecule is C[C@H](NC(=O)COC(=O)c1cc([N+](=O)[O-])ccc1N1CCOCC1)[C@H]1C[C@@H]2CC[C@@H]1C2. The Morgan fingerprint density at radius 3 is 2.71 bits per heavy atom. The zero-order valence-electron chi connectivity index (χ0n) is 17.7. The predicted molar refractivity (Wildman–Crippen MR) is 113 cm³/mol. The van der Waals surface area contributed by atoms with E-state index in [0.717, 1.165) is 12.3 Å². The molecule has 4 rings (SSSR count). The fourth-order valence-corrected chi connectivity index (χ4v) is 5.40. The molecule has 0 aromatic heterocycles. The lowest BCUT2D eigenvalue weighted by Gasteiger charge is -2.30. The molecule has 1 N–H and O–H groups in total. The molecule has 1 saturated heterocycles. The number of benzene rings is 1. The van der Waals surface area contributed by atoms with Crippen molar-refractivity contribution >= 4 is 23.3 Å². The fourth-order valence-electron chi connectivity index (χ4n) is 5.40. The van der Waals surface area contributed by atoms with Crippen molar-refractivity contribution in [1.82, 2.24) is 5.32 Å². The summed E-state index contributed by atoms with van der Waals surface area (Å²) >= 11 is 0. The number of fused-ring (bicyclic) bond motifs is 2. The third-order valence-corrected chi connectivity index (χ3v) is 6.92. The molecule has 2 bridgehead atoms. The molecule has 1 heterocycles. The molecular weight excluding hydrogens is 402 g/mol. The van der Waals surface area contributed by atoms with Gasteiger partial charge in [0.25, 0.3) is 11.6 Å². The first-order valence-corrected chi connectivity index (χ1v) is 11.0. The summed E-state index contributed by atoms with van der Waals surface area (Å²) in [5.74, 6) is 0.876. The lowest BCUT2D eigenvalue weighted by Crippen LogP contribution is -2.42. The number of carbonyl (C=O) groups is 2. The molecule has 168 valence electrons. The lowest BCUT2D eigenvalue weighted by molar-refractivity contribution is -0.384. The summed E-state index contributed by atoms with van der Waals surface area (Å²) in [6, 6.07) is 4.18. The van der Waals surface area contributed by atoms with Crippen LogP contribution in [-0.4, -0.2) is 55.8 Å². The molecule has 3 aliphatic rings. The van der Waals surface area contributed by atoms with E-state index < -0.39 is 17.5 Å². The van der Waals surface area contributed by atoms with Gasteiger partial charge in [-0.25, -0.2) is 4.79 Å². The molecule has 0 unspecified atom stereocenters. The molecule has 1 aromatic rings. The van der Waals surface area contributed by atoms with Gasteiger partial charge in [-0.15, -0.1) is 0 Å². The molecule has 2 aliphatic carbocycles. The van der Waals surface area contributed by atoms with Gasteiger partial charge >= 0.3 is 5.97 Å². The van der Waals surface area contributed by atoms with Crippen LogP contribution in [0.3, 0.4) is 0 Å². The standard InChI is InChI=1S/C22H29N3O6/c1-14(18-11-15-2-3-16(18)10-15)23-21(26)13-31-22(27)19-12-17(25(28)29)4-5-20(19)24-6-8-30-9-7-24/h4-5,12,14-16,18H,2-3,6-11,13H2,1H3,(H,23,26)/t14-,15+,16+,18+/m0/s1. The van der Waals surface area contributed by atoms with Crippen molar-refractivity contribution in [1.29, 1.82) is 0 Å². The second kappa shape index (κ2) is 9.21. The van der Waals surface area contributed by atoms with E-state index in [1.54, 1.807) is 6.07 Å². The van der Waals surface area contributed by atoms with Gasteiger partial charge in [0.2, 0.25) is 0 Å². The molecule has 31 heavy (non-hydrogen) atoms. The minimum atomic E-state index is -0.743. The van der Waals surface area contributed by atoms with E-state index in [-0.39, 0.29) is 23.2 Å². The summed E-state index contributed by atoms with van der Waals surface area (Å²) in [4.78, 5) is 37.7. The number of morpholine rings is 1. The molecule has 1 aliphatic heterocycles. The Morgan fingerprint density at radius 2 is 2.06 bits per heavy atom. The van der Waals surface area contributed by atoms with Crippen LogP contribution >= 0.6 is 0 Å². The number of nitro groups is 1. The fraction of sp³-hybridized carbons (Fsp3) is 0.636. The van der Waals surface area contributed by atoms with Crippen molar-refractivity contribution < 1.29 is 24.0 Å². The summed E-state index contributed by atoms with van der Waals surface area (Å²) in [7, 11) is 0. The Hall–Kier alpha value is -2.68. The molecular formula is C22H29N3O6. The van der Waals surface area contributed by atoms with E-state index in [0.29, 0.717) is 43.8 Å². The van der Waals surface area contributed by atoms with Crippen molar-refractivity contribution in [3.63, 3.8) is 0 Å². The topological polar surface area (TPSA) is 111 Å². The second-order valence-electron chi connectivity index (χ2n) is 8.83. The van der Waals surface area contributed by atoms with Gasteiger partial charge in [-0.3, -0.25) is 14.9 Å². The van der Waals surface area contributed by atoms with Gasteiger partial charge in [-0.05, 0) is 50.0 Å².